The maximum Gasteiger partial charge on any atom is 0.283 e. The molecular formula is C28H20ClN5OS. The topological polar surface area (TPSA) is 73.8 Å². The Morgan fingerprint density at radius 3 is 2.58 bits per heavy atom. The molecule has 6 rings (SSSR count). The minimum absolute atomic E-state index is 0.00470. The van der Waals surface area contributed by atoms with E-state index in [2.05, 4.69) is 51.9 Å². The zero-order valence-electron chi connectivity index (χ0n) is 19.3. The Bertz CT molecular complexity index is 1650. The van der Waals surface area contributed by atoms with Crippen molar-refractivity contribution >= 4 is 62.3 Å². The number of hydrogen-bond acceptors (Lipinski definition) is 4. The summed E-state index contributed by atoms with van der Waals surface area (Å²) >= 11 is 7.57. The third-order valence-corrected chi connectivity index (χ3v) is 7.42. The average Bonchev–Trinajstić information content (AvgIpc) is 3.45. The lowest BCUT2D eigenvalue weighted by molar-refractivity contribution is -0.114. The number of carbonyl (C=O) groups excluding carboxylic acids is 1. The van der Waals surface area contributed by atoms with Crippen molar-refractivity contribution in [2.45, 2.75) is 13.5 Å². The summed E-state index contributed by atoms with van der Waals surface area (Å²) in [4.78, 5) is 17.2. The minimum Gasteiger partial charge on any atom is -0.342 e. The average molecular weight is 510 g/mol. The summed E-state index contributed by atoms with van der Waals surface area (Å²) in [5, 5.41) is 17.3. The molecule has 0 bridgehead atoms. The van der Waals surface area contributed by atoms with E-state index >= 15 is 0 Å². The molecule has 176 valence electrons. The van der Waals surface area contributed by atoms with E-state index in [1.165, 1.54) is 27.9 Å². The molecule has 0 fully saturated rings. The fraction of sp³-hybridized carbons (Fsp3) is 0.0714. The van der Waals surface area contributed by atoms with Crippen molar-refractivity contribution < 1.29 is 4.79 Å². The fourth-order valence-electron chi connectivity index (χ4n) is 4.30. The number of benzene rings is 3. The number of halogens is 1. The second kappa shape index (κ2) is 8.93. The van der Waals surface area contributed by atoms with Gasteiger partial charge in [0.25, 0.3) is 5.91 Å². The number of para-hydroxylation sites is 1. The number of nitrogens with zero attached hydrogens (tertiary/aromatic N) is 4. The van der Waals surface area contributed by atoms with E-state index in [0.29, 0.717) is 21.8 Å². The normalized spacial score (nSPS) is 16.5. The van der Waals surface area contributed by atoms with Crippen LogP contribution in [0.5, 0.6) is 0 Å². The highest BCUT2D eigenvalue weighted by Crippen LogP contribution is 2.34. The first-order chi connectivity index (χ1) is 17.5. The Balaban J connectivity index is 1.37. The number of carbonyl (C=O) groups is 1. The van der Waals surface area contributed by atoms with Gasteiger partial charge in [-0.2, -0.15) is 15.1 Å². The highest BCUT2D eigenvalue weighted by atomic mass is 35.5. The van der Waals surface area contributed by atoms with Gasteiger partial charge in [-0.1, -0.05) is 77.8 Å². The molecule has 1 aromatic heterocycles. The number of amides is 1. The summed E-state index contributed by atoms with van der Waals surface area (Å²) in [7, 11) is 0. The van der Waals surface area contributed by atoms with Crippen LogP contribution < -0.4 is 0 Å². The molecule has 4 aromatic rings. The molecular weight excluding hydrogens is 490 g/mol. The summed E-state index contributed by atoms with van der Waals surface area (Å²) in [5.74, 6) is -0.459. The summed E-state index contributed by atoms with van der Waals surface area (Å²) in [6.07, 6.45) is 3.76. The van der Waals surface area contributed by atoms with Crippen molar-refractivity contribution in [1.82, 2.24) is 9.58 Å². The van der Waals surface area contributed by atoms with Crippen LogP contribution in [0.3, 0.4) is 0 Å². The van der Waals surface area contributed by atoms with Gasteiger partial charge in [0.05, 0.1) is 10.6 Å². The molecule has 3 aromatic carbocycles. The van der Waals surface area contributed by atoms with Crippen LogP contribution in [0.2, 0.25) is 5.02 Å². The Labute approximate surface area is 217 Å². The van der Waals surface area contributed by atoms with Crippen LogP contribution >= 0.6 is 23.4 Å². The van der Waals surface area contributed by atoms with Crippen LogP contribution in [0.25, 0.3) is 17.0 Å². The highest BCUT2D eigenvalue weighted by Gasteiger charge is 2.36. The SMILES string of the molecule is Cc1ccc(Cn2cc(/C=C3/C(=N)N4N=C(c5ccccc5Cl)SC4=NC3=O)c3ccccc32)cc1. The Hall–Kier alpha value is -3.94. The Morgan fingerprint density at radius 2 is 1.78 bits per heavy atom. The summed E-state index contributed by atoms with van der Waals surface area (Å²) in [5.41, 5.74) is 5.25. The molecule has 0 atom stereocenters. The van der Waals surface area contributed by atoms with Crippen molar-refractivity contribution in [2.75, 3.05) is 0 Å². The maximum absolute atomic E-state index is 13.0. The molecule has 1 N–H and O–H groups in total. The summed E-state index contributed by atoms with van der Waals surface area (Å²) in [6, 6.07) is 23.9. The van der Waals surface area contributed by atoms with Crippen molar-refractivity contribution in [1.29, 1.82) is 5.41 Å². The molecule has 36 heavy (non-hydrogen) atoms. The van der Waals surface area contributed by atoms with Gasteiger partial charge in [0.1, 0.15) is 5.04 Å². The zero-order chi connectivity index (χ0) is 24.8. The van der Waals surface area contributed by atoms with Gasteiger partial charge in [-0.25, -0.2) is 0 Å². The predicted octanol–water partition coefficient (Wildman–Crippen LogP) is 6.32. The largest absolute Gasteiger partial charge is 0.342 e. The van der Waals surface area contributed by atoms with Gasteiger partial charge in [0.2, 0.25) is 5.17 Å². The van der Waals surface area contributed by atoms with Gasteiger partial charge >= 0.3 is 0 Å². The van der Waals surface area contributed by atoms with E-state index in [9.17, 15) is 4.79 Å². The number of hydrogen-bond donors (Lipinski definition) is 1. The first kappa shape index (κ1) is 22.5. The van der Waals surface area contributed by atoms with E-state index in [4.69, 9.17) is 17.0 Å². The number of rotatable bonds is 4. The van der Waals surface area contributed by atoms with E-state index < -0.39 is 5.91 Å². The molecule has 2 aliphatic rings. The van der Waals surface area contributed by atoms with Crippen LogP contribution in [0.4, 0.5) is 0 Å². The van der Waals surface area contributed by atoms with Gasteiger partial charge in [0.15, 0.2) is 5.84 Å². The minimum atomic E-state index is -0.454. The molecule has 0 radical (unpaired) electrons. The third-order valence-electron chi connectivity index (χ3n) is 6.15. The number of hydrazone groups is 1. The molecule has 0 aliphatic carbocycles. The Morgan fingerprint density at radius 1 is 1.03 bits per heavy atom. The predicted molar refractivity (Wildman–Crippen MR) is 148 cm³/mol. The van der Waals surface area contributed by atoms with E-state index in [0.717, 1.165) is 22.0 Å². The van der Waals surface area contributed by atoms with Crippen molar-refractivity contribution in [3.05, 3.63) is 112 Å². The molecule has 6 nitrogen and oxygen atoms in total. The number of aryl methyl sites for hydroxylation is 1. The number of aliphatic imine (C=N–C) groups is 1. The summed E-state index contributed by atoms with van der Waals surface area (Å²) < 4.78 is 2.16. The molecule has 1 amide bonds. The fourth-order valence-corrected chi connectivity index (χ4v) is 5.51. The number of aromatic nitrogens is 1. The van der Waals surface area contributed by atoms with Gasteiger partial charge in [-0.3, -0.25) is 10.2 Å². The first-order valence-corrected chi connectivity index (χ1v) is 12.6. The van der Waals surface area contributed by atoms with Crippen LogP contribution in [0.1, 0.15) is 22.3 Å². The van der Waals surface area contributed by atoms with Gasteiger partial charge < -0.3 is 4.57 Å². The standard InChI is InChI=1S/C28H20ClN5OS/c1-17-10-12-18(13-11-17)15-33-16-19(20-6-3-5-9-24(20)33)14-22-25(30)34-28(31-26(22)35)36-27(32-34)21-7-2-4-8-23(21)29/h2-14,16,30H,15H2,1H3/b22-14-,30-25?. The highest BCUT2D eigenvalue weighted by molar-refractivity contribution is 8.27. The van der Waals surface area contributed by atoms with Crippen LogP contribution in [0.15, 0.2) is 94.7 Å². The quantitative estimate of drug-likeness (QED) is 0.327. The lowest BCUT2D eigenvalue weighted by Gasteiger charge is -2.20. The van der Waals surface area contributed by atoms with Gasteiger partial charge in [0, 0.05) is 34.8 Å². The Kier molecular flexibility index (Phi) is 5.59. The van der Waals surface area contributed by atoms with Crippen LogP contribution in [0, 0.1) is 12.3 Å². The van der Waals surface area contributed by atoms with E-state index in [-0.39, 0.29) is 11.4 Å². The van der Waals surface area contributed by atoms with Gasteiger partial charge in [-0.15, -0.1) is 0 Å². The molecule has 0 unspecified atom stereocenters. The second-order valence-electron chi connectivity index (χ2n) is 8.62. The van der Waals surface area contributed by atoms with Crippen LogP contribution in [-0.4, -0.2) is 31.5 Å². The second-order valence-corrected chi connectivity index (χ2v) is 9.98. The number of thioether (sulfide) groups is 1. The number of amidine groups is 2. The van der Waals surface area contributed by atoms with E-state index in [1.54, 1.807) is 12.1 Å². The smallest absolute Gasteiger partial charge is 0.283 e. The molecule has 2 aliphatic heterocycles. The van der Waals surface area contributed by atoms with E-state index in [1.807, 2.05) is 42.6 Å². The molecule has 0 spiro atoms. The molecule has 8 heteroatoms. The van der Waals surface area contributed by atoms with Gasteiger partial charge in [-0.05, 0) is 42.5 Å². The van der Waals surface area contributed by atoms with Crippen molar-refractivity contribution in [3.8, 4) is 0 Å². The number of fused-ring (bicyclic) bond motifs is 2. The third kappa shape index (κ3) is 3.96. The van der Waals surface area contributed by atoms with Crippen molar-refractivity contribution in [3.63, 3.8) is 0 Å². The van der Waals surface area contributed by atoms with Crippen LogP contribution in [-0.2, 0) is 11.3 Å². The maximum atomic E-state index is 13.0. The first-order valence-electron chi connectivity index (χ1n) is 11.4. The molecule has 3 heterocycles. The lowest BCUT2D eigenvalue weighted by atomic mass is 10.1. The number of nitrogens with one attached hydrogen (secondary N) is 1. The molecule has 0 saturated carbocycles. The van der Waals surface area contributed by atoms with Crippen molar-refractivity contribution in [2.24, 2.45) is 10.1 Å². The lowest BCUT2D eigenvalue weighted by Crippen LogP contribution is -2.35. The zero-order valence-corrected chi connectivity index (χ0v) is 20.8. The molecule has 0 saturated heterocycles. The monoisotopic (exact) mass is 509 g/mol. The summed E-state index contributed by atoms with van der Waals surface area (Å²) in [6.45, 7) is 2.77.